The zero-order valence-electron chi connectivity index (χ0n) is 18.5. The van der Waals surface area contributed by atoms with Crippen LogP contribution in [0.4, 0.5) is 5.82 Å². The van der Waals surface area contributed by atoms with Gasteiger partial charge in [-0.2, -0.15) is 10.4 Å². The first-order valence-corrected chi connectivity index (χ1v) is 9.30. The number of aromatic amines is 1. The van der Waals surface area contributed by atoms with Gasteiger partial charge in [0.1, 0.15) is 17.6 Å². The fraction of sp³-hybridized carbons (Fsp3) is 0.350. The molecule has 146 valence electrons. The minimum atomic E-state index is -2.50. The van der Waals surface area contributed by atoms with Crippen LogP contribution in [0.5, 0.6) is 5.88 Å². The highest BCUT2D eigenvalue weighted by molar-refractivity contribution is 5.64. The van der Waals surface area contributed by atoms with Gasteiger partial charge in [0.2, 0.25) is 5.88 Å². The average molecular weight is 391 g/mol. The number of nitrogens with one attached hydrogen (secondary N) is 1. The number of methoxy groups -OCH3 is 1. The van der Waals surface area contributed by atoms with Crippen LogP contribution in [0.1, 0.15) is 21.8 Å². The first-order valence-electron chi connectivity index (χ1n) is 10.8. The summed E-state index contributed by atoms with van der Waals surface area (Å²) in [7, 11) is -2.50. The van der Waals surface area contributed by atoms with Crippen LogP contribution >= 0.6 is 0 Å². The first-order chi connectivity index (χ1) is 15.4. The Morgan fingerprint density at radius 1 is 1.21 bits per heavy atom. The van der Waals surface area contributed by atoms with E-state index in [9.17, 15) is 0 Å². The molecule has 2 bridgehead atoms. The summed E-state index contributed by atoms with van der Waals surface area (Å²) in [4.78, 5) is 17.8. The Labute approximate surface area is 172 Å². The maximum absolute atomic E-state index is 9.13. The lowest BCUT2D eigenvalue weighted by atomic mass is 9.87. The molecule has 3 aromatic rings. The zero-order chi connectivity index (χ0) is 22.3. The minimum Gasteiger partial charge on any atom is -0.481 e. The molecule has 0 amide bonds. The highest BCUT2D eigenvalue weighted by Gasteiger charge is 2.44. The molecule has 29 heavy (non-hydrogen) atoms. The van der Waals surface area contributed by atoms with E-state index >= 15 is 0 Å². The average Bonchev–Trinajstić information content (AvgIpc) is 3.26. The molecule has 2 atom stereocenters. The molecule has 3 aliphatic rings. The van der Waals surface area contributed by atoms with E-state index in [0.717, 1.165) is 37.4 Å². The molecule has 3 saturated heterocycles. The van der Waals surface area contributed by atoms with Crippen LogP contribution in [-0.4, -0.2) is 62.3 Å². The van der Waals surface area contributed by atoms with E-state index in [-0.39, 0.29) is 5.88 Å². The molecule has 6 heterocycles. The molecule has 9 heteroatoms. The standard InChI is InChI=1S/C20H20N8O/c1-29-20-3-2-13(6-24-20)10-28-14-4-15(28)12-27(11-14)19-9-22-18(8-23-19)16-7-25-26-17(16)5-21/h2-3,6-9,14-15H,4,10-12H2,1H3,(H,25,26)/i1D3. The van der Waals surface area contributed by atoms with Gasteiger partial charge in [0.25, 0.3) is 0 Å². The van der Waals surface area contributed by atoms with E-state index < -0.39 is 7.04 Å². The maximum atomic E-state index is 9.13. The van der Waals surface area contributed by atoms with Gasteiger partial charge in [0.15, 0.2) is 0 Å². The first kappa shape index (κ1) is 14.5. The molecule has 3 fully saturated rings. The third kappa shape index (κ3) is 3.17. The van der Waals surface area contributed by atoms with E-state index in [4.69, 9.17) is 14.1 Å². The molecule has 0 radical (unpaired) electrons. The summed E-state index contributed by atoms with van der Waals surface area (Å²) in [6.45, 7) is 2.47. The summed E-state index contributed by atoms with van der Waals surface area (Å²) in [5.74, 6) is 0.918. The van der Waals surface area contributed by atoms with Crippen molar-refractivity contribution in [2.24, 2.45) is 0 Å². The monoisotopic (exact) mass is 391 g/mol. The number of aromatic nitrogens is 5. The highest BCUT2D eigenvalue weighted by Crippen LogP contribution is 2.35. The molecule has 6 rings (SSSR count). The van der Waals surface area contributed by atoms with Gasteiger partial charge in [0, 0.05) is 44.0 Å². The second-order valence-electron chi connectivity index (χ2n) is 7.26. The van der Waals surface area contributed by atoms with Crippen molar-refractivity contribution in [1.29, 1.82) is 5.26 Å². The summed E-state index contributed by atoms with van der Waals surface area (Å²) in [5, 5.41) is 15.7. The van der Waals surface area contributed by atoms with Gasteiger partial charge in [-0.15, -0.1) is 0 Å². The van der Waals surface area contributed by atoms with Crippen molar-refractivity contribution in [3.8, 4) is 23.2 Å². The molecule has 9 nitrogen and oxygen atoms in total. The number of pyridine rings is 1. The van der Waals surface area contributed by atoms with E-state index in [1.54, 1.807) is 30.9 Å². The largest absolute Gasteiger partial charge is 0.481 e. The molecule has 2 unspecified atom stereocenters. The predicted molar refractivity (Wildman–Crippen MR) is 105 cm³/mol. The van der Waals surface area contributed by atoms with E-state index in [1.807, 2.05) is 6.07 Å². The summed E-state index contributed by atoms with van der Waals surface area (Å²) < 4.78 is 26.3. The van der Waals surface area contributed by atoms with Crippen molar-refractivity contribution in [1.82, 2.24) is 30.0 Å². The van der Waals surface area contributed by atoms with Gasteiger partial charge in [-0.25, -0.2) is 9.97 Å². The number of piperazine rings is 1. The zero-order valence-corrected chi connectivity index (χ0v) is 15.5. The number of nitrogens with zero attached hydrogens (tertiary/aromatic N) is 7. The van der Waals surface area contributed by atoms with E-state index in [2.05, 4.69) is 41.0 Å². The third-order valence-electron chi connectivity index (χ3n) is 5.60. The van der Waals surface area contributed by atoms with Gasteiger partial charge in [-0.1, -0.05) is 6.07 Å². The number of H-pyrrole nitrogens is 1. The van der Waals surface area contributed by atoms with Crippen LogP contribution < -0.4 is 9.64 Å². The summed E-state index contributed by atoms with van der Waals surface area (Å²) in [6, 6.07) is 6.34. The smallest absolute Gasteiger partial charge is 0.212 e. The van der Waals surface area contributed by atoms with Crippen LogP contribution in [0.15, 0.2) is 36.9 Å². The quantitative estimate of drug-likeness (QED) is 0.699. The Bertz CT molecular complexity index is 1130. The van der Waals surface area contributed by atoms with Crippen LogP contribution in [0.2, 0.25) is 0 Å². The fourth-order valence-electron chi connectivity index (χ4n) is 4.10. The van der Waals surface area contributed by atoms with Crippen molar-refractivity contribution < 1.29 is 8.85 Å². The molecule has 3 aliphatic heterocycles. The van der Waals surface area contributed by atoms with Crippen molar-refractivity contribution in [3.63, 3.8) is 0 Å². The normalized spacial score (nSPS) is 22.7. The minimum absolute atomic E-state index is 0.100. The second kappa shape index (κ2) is 7.14. The number of piperidine rings is 1. The SMILES string of the molecule is [2H]C([2H])([2H])Oc1ccc(CN2C3CC2CN(c2cnc(-c4cn[nH]c4C#N)cn2)C3)cn1. The van der Waals surface area contributed by atoms with Gasteiger partial charge in [-0.05, 0) is 12.0 Å². The summed E-state index contributed by atoms with van der Waals surface area (Å²) >= 11 is 0. The van der Waals surface area contributed by atoms with Gasteiger partial charge < -0.3 is 9.64 Å². The van der Waals surface area contributed by atoms with Crippen molar-refractivity contribution in [2.45, 2.75) is 25.0 Å². The molecule has 0 spiro atoms. The predicted octanol–water partition coefficient (Wildman–Crippen LogP) is 1.61. The number of hydrogen-bond donors (Lipinski definition) is 1. The molecule has 1 N–H and O–H groups in total. The van der Waals surface area contributed by atoms with Gasteiger partial charge in [-0.3, -0.25) is 15.0 Å². The van der Waals surface area contributed by atoms with Crippen molar-refractivity contribution >= 4 is 5.82 Å². The van der Waals surface area contributed by atoms with Crippen molar-refractivity contribution in [3.05, 3.63) is 48.2 Å². The van der Waals surface area contributed by atoms with E-state index in [0.29, 0.717) is 29.0 Å². The second-order valence-corrected chi connectivity index (χ2v) is 7.26. The van der Waals surface area contributed by atoms with Crippen LogP contribution in [0.3, 0.4) is 0 Å². The van der Waals surface area contributed by atoms with Gasteiger partial charge >= 0.3 is 0 Å². The topological polar surface area (TPSA) is 107 Å². The highest BCUT2D eigenvalue weighted by atomic mass is 16.5. The number of hydrogen-bond acceptors (Lipinski definition) is 8. The fourth-order valence-corrected chi connectivity index (χ4v) is 4.10. The number of rotatable bonds is 5. The Morgan fingerprint density at radius 2 is 2.10 bits per heavy atom. The Balaban J connectivity index is 1.20. The Morgan fingerprint density at radius 3 is 2.79 bits per heavy atom. The number of anilines is 1. The lowest BCUT2D eigenvalue weighted by molar-refractivity contribution is -0.00879. The van der Waals surface area contributed by atoms with Crippen molar-refractivity contribution in [2.75, 3.05) is 25.0 Å². The molecule has 3 aromatic heterocycles. The number of nitriles is 1. The molecular weight excluding hydrogens is 368 g/mol. The van der Waals surface area contributed by atoms with Crippen LogP contribution in [0, 0.1) is 11.3 Å². The molecular formula is C20H20N8O. The lowest BCUT2D eigenvalue weighted by Crippen LogP contribution is -2.68. The van der Waals surface area contributed by atoms with Crippen LogP contribution in [0.25, 0.3) is 11.3 Å². The Hall–Kier alpha value is -3.51. The number of ether oxygens (including phenoxy) is 1. The van der Waals surface area contributed by atoms with E-state index in [1.165, 1.54) is 0 Å². The molecule has 0 aliphatic carbocycles. The molecule has 0 aromatic carbocycles. The lowest BCUT2D eigenvalue weighted by Gasteiger charge is -2.56. The maximum Gasteiger partial charge on any atom is 0.212 e. The Kier molecular flexibility index (Phi) is 3.57. The summed E-state index contributed by atoms with van der Waals surface area (Å²) in [5.41, 5.74) is 2.64. The summed E-state index contributed by atoms with van der Waals surface area (Å²) in [6.07, 6.45) is 7.80. The molecule has 0 saturated carbocycles. The third-order valence-corrected chi connectivity index (χ3v) is 5.60. The van der Waals surface area contributed by atoms with Gasteiger partial charge in [0.05, 0.1) is 41.0 Å². The van der Waals surface area contributed by atoms with Crippen LogP contribution in [-0.2, 0) is 6.54 Å². The number of fused-ring (bicyclic) bond motifs is 2.